The molecular weight excluding hydrogens is 248 g/mol. The molecule has 3 N–H and O–H groups in total. The Morgan fingerprint density at radius 2 is 2.28 bits per heavy atom. The SMILES string of the molecule is CCCN(C(=O)c1sc(NCC)nc1N)C1CC1. The average Bonchev–Trinajstić information content (AvgIpc) is 3.10. The van der Waals surface area contributed by atoms with E-state index in [1.165, 1.54) is 11.3 Å². The van der Waals surface area contributed by atoms with Gasteiger partial charge in [-0.2, -0.15) is 0 Å². The zero-order chi connectivity index (χ0) is 13.1. The van der Waals surface area contributed by atoms with Crippen LogP contribution in [0.1, 0.15) is 42.8 Å². The molecule has 1 amide bonds. The number of carbonyl (C=O) groups is 1. The molecule has 18 heavy (non-hydrogen) atoms. The highest BCUT2D eigenvalue weighted by atomic mass is 32.1. The molecule has 1 aliphatic carbocycles. The van der Waals surface area contributed by atoms with Crippen molar-refractivity contribution in [2.75, 3.05) is 24.1 Å². The highest BCUT2D eigenvalue weighted by Crippen LogP contribution is 2.32. The monoisotopic (exact) mass is 268 g/mol. The molecule has 1 aromatic rings. The molecule has 0 saturated heterocycles. The lowest BCUT2D eigenvalue weighted by molar-refractivity contribution is 0.0749. The zero-order valence-electron chi connectivity index (χ0n) is 10.9. The second-order valence-corrected chi connectivity index (χ2v) is 5.49. The van der Waals surface area contributed by atoms with Crippen LogP contribution < -0.4 is 11.1 Å². The van der Waals surface area contributed by atoms with Gasteiger partial charge in [-0.3, -0.25) is 4.79 Å². The van der Waals surface area contributed by atoms with Crippen molar-refractivity contribution in [2.24, 2.45) is 0 Å². The van der Waals surface area contributed by atoms with Crippen LogP contribution in [-0.2, 0) is 0 Å². The molecule has 0 radical (unpaired) electrons. The maximum atomic E-state index is 12.4. The Morgan fingerprint density at radius 3 is 2.83 bits per heavy atom. The molecule has 1 heterocycles. The summed E-state index contributed by atoms with van der Waals surface area (Å²) in [5.41, 5.74) is 5.84. The second kappa shape index (κ2) is 5.56. The Bertz CT molecular complexity index is 428. The summed E-state index contributed by atoms with van der Waals surface area (Å²) >= 11 is 1.35. The molecule has 6 heteroatoms. The summed E-state index contributed by atoms with van der Waals surface area (Å²) in [6, 6.07) is 0.418. The summed E-state index contributed by atoms with van der Waals surface area (Å²) in [6.45, 7) is 5.66. The minimum absolute atomic E-state index is 0.0403. The van der Waals surface area contributed by atoms with Gasteiger partial charge < -0.3 is 16.0 Å². The van der Waals surface area contributed by atoms with Gasteiger partial charge in [-0.15, -0.1) is 0 Å². The molecule has 1 aliphatic rings. The predicted molar refractivity (Wildman–Crippen MR) is 75.0 cm³/mol. The van der Waals surface area contributed by atoms with E-state index in [-0.39, 0.29) is 5.91 Å². The summed E-state index contributed by atoms with van der Waals surface area (Å²) in [5, 5.41) is 3.82. The standard InChI is InChI=1S/C12H20N4OS/c1-3-7-16(8-5-6-8)11(17)9-10(13)15-12(18-9)14-4-2/h8H,3-7,13H2,1-2H3,(H,14,15). The summed E-state index contributed by atoms with van der Waals surface area (Å²) in [7, 11) is 0. The van der Waals surface area contributed by atoms with Crippen molar-refractivity contribution in [3.8, 4) is 0 Å². The Balaban J connectivity index is 2.15. The topological polar surface area (TPSA) is 71.2 Å². The number of hydrogen-bond acceptors (Lipinski definition) is 5. The normalized spacial score (nSPS) is 14.6. The van der Waals surface area contributed by atoms with Gasteiger partial charge in [0.1, 0.15) is 10.7 Å². The molecule has 5 nitrogen and oxygen atoms in total. The predicted octanol–water partition coefficient (Wildman–Crippen LogP) is 2.17. The number of hydrogen-bond donors (Lipinski definition) is 2. The third kappa shape index (κ3) is 2.75. The van der Waals surface area contributed by atoms with Crippen molar-refractivity contribution in [1.29, 1.82) is 0 Å². The number of nitrogens with zero attached hydrogens (tertiary/aromatic N) is 2. The lowest BCUT2D eigenvalue weighted by atomic mass is 10.3. The fraction of sp³-hybridized carbons (Fsp3) is 0.667. The quantitative estimate of drug-likeness (QED) is 0.829. The molecule has 2 rings (SSSR count). The Hall–Kier alpha value is -1.30. The van der Waals surface area contributed by atoms with Gasteiger partial charge in [-0.25, -0.2) is 4.98 Å². The highest BCUT2D eigenvalue weighted by Gasteiger charge is 2.34. The molecule has 0 aliphatic heterocycles. The number of nitrogen functional groups attached to an aromatic ring is 1. The maximum Gasteiger partial charge on any atom is 0.268 e. The van der Waals surface area contributed by atoms with E-state index in [0.717, 1.165) is 37.5 Å². The van der Waals surface area contributed by atoms with E-state index in [9.17, 15) is 4.79 Å². The molecule has 0 unspecified atom stereocenters. The summed E-state index contributed by atoms with van der Waals surface area (Å²) in [6.07, 6.45) is 3.20. The number of amides is 1. The first kappa shape index (κ1) is 13.1. The van der Waals surface area contributed by atoms with E-state index >= 15 is 0 Å². The van der Waals surface area contributed by atoms with E-state index in [1.807, 2.05) is 11.8 Å². The highest BCUT2D eigenvalue weighted by molar-refractivity contribution is 7.18. The summed E-state index contributed by atoms with van der Waals surface area (Å²) in [4.78, 5) is 19.1. The molecule has 1 aromatic heterocycles. The Kier molecular flexibility index (Phi) is 4.06. The van der Waals surface area contributed by atoms with Gasteiger partial charge in [0.25, 0.3) is 5.91 Å². The third-order valence-corrected chi connectivity index (χ3v) is 3.91. The number of nitrogens with two attached hydrogens (primary N) is 1. The molecule has 1 saturated carbocycles. The molecule has 0 bridgehead atoms. The number of carbonyl (C=O) groups excluding carboxylic acids is 1. The molecular formula is C12H20N4OS. The molecule has 100 valence electrons. The fourth-order valence-electron chi connectivity index (χ4n) is 1.92. The molecule has 0 aromatic carbocycles. The first-order valence-electron chi connectivity index (χ1n) is 6.48. The Morgan fingerprint density at radius 1 is 1.56 bits per heavy atom. The van der Waals surface area contributed by atoms with Crippen LogP contribution in [0.4, 0.5) is 10.9 Å². The van der Waals surface area contributed by atoms with Crippen molar-refractivity contribution in [3.63, 3.8) is 0 Å². The van der Waals surface area contributed by atoms with E-state index in [0.29, 0.717) is 16.7 Å². The second-order valence-electron chi connectivity index (χ2n) is 4.49. The number of nitrogens with one attached hydrogen (secondary N) is 1. The van der Waals surface area contributed by atoms with Gasteiger partial charge in [0.2, 0.25) is 0 Å². The van der Waals surface area contributed by atoms with Crippen molar-refractivity contribution in [3.05, 3.63) is 4.88 Å². The van der Waals surface area contributed by atoms with Crippen molar-refractivity contribution in [2.45, 2.75) is 39.2 Å². The summed E-state index contributed by atoms with van der Waals surface area (Å²) < 4.78 is 0. The number of anilines is 2. The van der Waals surface area contributed by atoms with Crippen molar-refractivity contribution in [1.82, 2.24) is 9.88 Å². The van der Waals surface area contributed by atoms with Crippen LogP contribution in [-0.4, -0.2) is 34.9 Å². The molecule has 0 atom stereocenters. The molecule has 0 spiro atoms. The molecule has 1 fully saturated rings. The van der Waals surface area contributed by atoms with Gasteiger partial charge in [0.15, 0.2) is 5.13 Å². The van der Waals surface area contributed by atoms with E-state index < -0.39 is 0 Å². The van der Waals surface area contributed by atoms with Crippen LogP contribution in [0.15, 0.2) is 0 Å². The summed E-state index contributed by atoms with van der Waals surface area (Å²) in [5.74, 6) is 0.390. The van der Waals surface area contributed by atoms with Crippen molar-refractivity contribution < 1.29 is 4.79 Å². The minimum Gasteiger partial charge on any atom is -0.382 e. The van der Waals surface area contributed by atoms with Crippen molar-refractivity contribution >= 4 is 28.2 Å². The van der Waals surface area contributed by atoms with Gasteiger partial charge in [-0.1, -0.05) is 18.3 Å². The lowest BCUT2D eigenvalue weighted by Gasteiger charge is -2.20. The maximum absolute atomic E-state index is 12.4. The van der Waals surface area contributed by atoms with Crippen LogP contribution in [0.2, 0.25) is 0 Å². The number of aromatic nitrogens is 1. The van der Waals surface area contributed by atoms with Crippen LogP contribution in [0.3, 0.4) is 0 Å². The first-order valence-corrected chi connectivity index (χ1v) is 7.30. The van der Waals surface area contributed by atoms with Gasteiger partial charge in [-0.05, 0) is 26.2 Å². The average molecular weight is 268 g/mol. The van der Waals surface area contributed by atoms with E-state index in [2.05, 4.69) is 17.2 Å². The Labute approximate surface area is 111 Å². The van der Waals surface area contributed by atoms with E-state index in [1.54, 1.807) is 0 Å². The fourth-order valence-corrected chi connectivity index (χ4v) is 2.83. The van der Waals surface area contributed by atoms with E-state index in [4.69, 9.17) is 5.73 Å². The smallest absolute Gasteiger partial charge is 0.268 e. The first-order chi connectivity index (χ1) is 8.67. The third-order valence-electron chi connectivity index (χ3n) is 2.89. The largest absolute Gasteiger partial charge is 0.382 e. The number of rotatable bonds is 6. The van der Waals surface area contributed by atoms with Crippen LogP contribution in [0.5, 0.6) is 0 Å². The van der Waals surface area contributed by atoms with Gasteiger partial charge in [0.05, 0.1) is 0 Å². The minimum atomic E-state index is 0.0403. The van der Waals surface area contributed by atoms with Gasteiger partial charge >= 0.3 is 0 Å². The van der Waals surface area contributed by atoms with Gasteiger partial charge in [0, 0.05) is 19.1 Å². The number of thiazole rings is 1. The lowest BCUT2D eigenvalue weighted by Crippen LogP contribution is -2.33. The van der Waals surface area contributed by atoms with Crippen LogP contribution in [0.25, 0.3) is 0 Å². The van der Waals surface area contributed by atoms with Crippen LogP contribution in [0, 0.1) is 0 Å². The zero-order valence-corrected chi connectivity index (χ0v) is 11.7. The van der Waals surface area contributed by atoms with Crippen LogP contribution >= 0.6 is 11.3 Å².